The summed E-state index contributed by atoms with van der Waals surface area (Å²) in [5, 5.41) is 0. The van der Waals surface area contributed by atoms with E-state index in [4.69, 9.17) is 0 Å². The van der Waals surface area contributed by atoms with Gasteiger partial charge in [-0.15, -0.1) is 0 Å². The van der Waals surface area contributed by atoms with Crippen LogP contribution in [-0.4, -0.2) is 30.4 Å². The lowest BCUT2D eigenvalue weighted by Crippen LogP contribution is -2.34. The fourth-order valence-electron chi connectivity index (χ4n) is 3.43. The molecule has 1 aliphatic rings. The van der Waals surface area contributed by atoms with Crippen molar-refractivity contribution >= 4 is 11.9 Å². The van der Waals surface area contributed by atoms with Crippen molar-refractivity contribution < 1.29 is 23.1 Å². The number of aryl methyl sites for hydroxylation is 1. The molecule has 2 aromatic carbocycles. The molecule has 0 bridgehead atoms. The lowest BCUT2D eigenvalue weighted by molar-refractivity contribution is -0.142. The zero-order valence-electron chi connectivity index (χ0n) is 16.0. The minimum absolute atomic E-state index is 0.0494. The summed E-state index contributed by atoms with van der Waals surface area (Å²) in [6.45, 7) is 2.29. The van der Waals surface area contributed by atoms with Gasteiger partial charge in [-0.25, -0.2) is 8.78 Å². The molecular weight excluding hydrogens is 364 g/mol. The summed E-state index contributed by atoms with van der Waals surface area (Å²) in [5.41, 5.74) is 2.74. The molecule has 148 valence electrons. The minimum Gasteiger partial charge on any atom is -0.469 e. The minimum atomic E-state index is -0.957. The number of hydrogen-bond donors (Lipinski definition) is 0. The van der Waals surface area contributed by atoms with E-state index in [2.05, 4.69) is 10.8 Å². The molecule has 1 aliphatic carbocycles. The van der Waals surface area contributed by atoms with Gasteiger partial charge in [0.15, 0.2) is 11.6 Å². The number of amides is 1. The largest absolute Gasteiger partial charge is 0.469 e. The molecule has 3 rings (SSSR count). The number of nitrogens with zero attached hydrogens (tertiary/aromatic N) is 1. The molecule has 0 aromatic heterocycles. The number of esters is 1. The van der Waals surface area contributed by atoms with Crippen LogP contribution in [0.4, 0.5) is 8.78 Å². The number of halogens is 2. The lowest BCUT2D eigenvalue weighted by Gasteiger charge is -2.23. The predicted molar refractivity (Wildman–Crippen MR) is 100 cm³/mol. The van der Waals surface area contributed by atoms with Crippen LogP contribution in [0, 0.1) is 24.5 Å². The van der Waals surface area contributed by atoms with Crippen LogP contribution >= 0.6 is 0 Å². The first-order chi connectivity index (χ1) is 13.4. The van der Waals surface area contributed by atoms with Crippen molar-refractivity contribution in [1.29, 1.82) is 0 Å². The third kappa shape index (κ3) is 4.74. The quantitative estimate of drug-likeness (QED) is 0.676. The Hall–Kier alpha value is -2.76. The summed E-state index contributed by atoms with van der Waals surface area (Å²) < 4.78 is 31.4. The molecular formula is C22H23F2NO3. The third-order valence-corrected chi connectivity index (χ3v) is 5.06. The van der Waals surface area contributed by atoms with Crippen molar-refractivity contribution in [3.8, 4) is 0 Å². The van der Waals surface area contributed by atoms with Crippen molar-refractivity contribution in [1.82, 2.24) is 4.90 Å². The fourth-order valence-corrected chi connectivity index (χ4v) is 3.43. The first-order valence-electron chi connectivity index (χ1n) is 9.25. The Morgan fingerprint density at radius 1 is 1.14 bits per heavy atom. The first kappa shape index (κ1) is 20.0. The van der Waals surface area contributed by atoms with Crippen molar-refractivity contribution in [3.63, 3.8) is 0 Å². The van der Waals surface area contributed by atoms with E-state index in [9.17, 15) is 18.4 Å². The van der Waals surface area contributed by atoms with Gasteiger partial charge in [0.05, 0.1) is 13.5 Å². The maximum absolute atomic E-state index is 13.5. The standard InChI is InChI=1S/C22H23F2NO3/c1-14-4-3-5-16(10-14)17-12-18(17)22(27)25(9-8-21(26)28-2)13-15-6-7-19(23)20(24)11-15/h3-7,10-11,17-18H,8-9,12-13H2,1-2H3. The van der Waals surface area contributed by atoms with Crippen LogP contribution in [0.15, 0.2) is 42.5 Å². The van der Waals surface area contributed by atoms with Crippen LogP contribution < -0.4 is 0 Å². The molecule has 6 heteroatoms. The average molecular weight is 387 g/mol. The molecule has 0 radical (unpaired) electrons. The Balaban J connectivity index is 1.73. The number of carbonyl (C=O) groups is 2. The number of benzene rings is 2. The highest BCUT2D eigenvalue weighted by molar-refractivity contribution is 5.83. The molecule has 0 spiro atoms. The Labute approximate surface area is 163 Å². The van der Waals surface area contributed by atoms with E-state index in [1.165, 1.54) is 18.1 Å². The van der Waals surface area contributed by atoms with Crippen LogP contribution in [0.2, 0.25) is 0 Å². The van der Waals surface area contributed by atoms with Crippen LogP contribution in [0.5, 0.6) is 0 Å². The first-order valence-corrected chi connectivity index (χ1v) is 9.25. The molecule has 1 amide bonds. The van der Waals surface area contributed by atoms with Crippen LogP contribution in [-0.2, 0) is 20.9 Å². The molecule has 1 saturated carbocycles. The molecule has 2 atom stereocenters. The second-order valence-electron chi connectivity index (χ2n) is 7.20. The molecule has 1 fully saturated rings. The molecule has 4 nitrogen and oxygen atoms in total. The normalized spacial score (nSPS) is 17.9. The summed E-state index contributed by atoms with van der Waals surface area (Å²) >= 11 is 0. The molecule has 0 aliphatic heterocycles. The monoisotopic (exact) mass is 387 g/mol. The number of hydrogen-bond acceptors (Lipinski definition) is 3. The van der Waals surface area contributed by atoms with Crippen molar-refractivity contribution in [3.05, 3.63) is 70.8 Å². The summed E-state index contributed by atoms with van der Waals surface area (Å²) in [7, 11) is 1.29. The van der Waals surface area contributed by atoms with Gasteiger partial charge in [0.25, 0.3) is 0 Å². The number of carbonyl (C=O) groups excluding carboxylic acids is 2. The molecule has 0 saturated heterocycles. The van der Waals surface area contributed by atoms with Crippen LogP contribution in [0.25, 0.3) is 0 Å². The molecule has 2 aromatic rings. The highest BCUT2D eigenvalue weighted by Gasteiger charge is 2.45. The van der Waals surface area contributed by atoms with Gasteiger partial charge in [0.1, 0.15) is 0 Å². The SMILES string of the molecule is COC(=O)CCN(Cc1ccc(F)c(F)c1)C(=O)C1CC1c1cccc(C)c1. The van der Waals surface area contributed by atoms with E-state index in [1.54, 1.807) is 0 Å². The highest BCUT2D eigenvalue weighted by atomic mass is 19.2. The van der Waals surface area contributed by atoms with Gasteiger partial charge in [-0.1, -0.05) is 35.9 Å². The second-order valence-corrected chi connectivity index (χ2v) is 7.20. The van der Waals surface area contributed by atoms with Gasteiger partial charge in [0, 0.05) is 19.0 Å². The zero-order valence-corrected chi connectivity index (χ0v) is 16.0. The molecule has 0 heterocycles. The van der Waals surface area contributed by atoms with Gasteiger partial charge in [-0.2, -0.15) is 0 Å². The zero-order chi connectivity index (χ0) is 20.3. The summed E-state index contributed by atoms with van der Waals surface area (Å²) in [5.74, 6) is -2.41. The Bertz CT molecular complexity index is 884. The number of methoxy groups -OCH3 is 1. The van der Waals surface area contributed by atoms with E-state index in [0.29, 0.717) is 5.56 Å². The Morgan fingerprint density at radius 3 is 2.61 bits per heavy atom. The molecule has 28 heavy (non-hydrogen) atoms. The van der Waals surface area contributed by atoms with Crippen molar-refractivity contribution in [2.24, 2.45) is 5.92 Å². The van der Waals surface area contributed by atoms with Crippen LogP contribution in [0.1, 0.15) is 35.4 Å². The van der Waals surface area contributed by atoms with Gasteiger partial charge >= 0.3 is 5.97 Å². The van der Waals surface area contributed by atoms with Gasteiger partial charge in [-0.05, 0) is 42.5 Å². The lowest BCUT2D eigenvalue weighted by atomic mass is 10.1. The van der Waals surface area contributed by atoms with Gasteiger partial charge < -0.3 is 9.64 Å². The molecule has 2 unspecified atom stereocenters. The average Bonchev–Trinajstić information content (AvgIpc) is 3.48. The topological polar surface area (TPSA) is 46.6 Å². The number of ether oxygens (including phenoxy) is 1. The summed E-state index contributed by atoms with van der Waals surface area (Å²) in [6, 6.07) is 11.6. The predicted octanol–water partition coefficient (Wildman–Crippen LogP) is 3.97. The summed E-state index contributed by atoms with van der Waals surface area (Å²) in [6.07, 6.45) is 0.794. The summed E-state index contributed by atoms with van der Waals surface area (Å²) in [4.78, 5) is 26.1. The van der Waals surface area contributed by atoms with Gasteiger partial charge in [-0.3, -0.25) is 9.59 Å². The highest BCUT2D eigenvalue weighted by Crippen LogP contribution is 2.48. The Kier molecular flexibility index (Phi) is 6.07. The maximum atomic E-state index is 13.5. The van der Waals surface area contributed by atoms with Crippen LogP contribution in [0.3, 0.4) is 0 Å². The molecule has 0 N–H and O–H groups in total. The van der Waals surface area contributed by atoms with Crippen molar-refractivity contribution in [2.45, 2.75) is 32.2 Å². The van der Waals surface area contributed by atoms with E-state index in [0.717, 1.165) is 29.7 Å². The fraction of sp³-hybridized carbons (Fsp3) is 0.364. The van der Waals surface area contributed by atoms with Crippen molar-refractivity contribution in [2.75, 3.05) is 13.7 Å². The van der Waals surface area contributed by atoms with E-state index >= 15 is 0 Å². The second kappa shape index (κ2) is 8.50. The smallest absolute Gasteiger partial charge is 0.307 e. The third-order valence-electron chi connectivity index (χ3n) is 5.06. The van der Waals surface area contributed by atoms with Gasteiger partial charge in [0.2, 0.25) is 5.91 Å². The van der Waals surface area contributed by atoms with E-state index in [1.807, 2.05) is 25.1 Å². The Morgan fingerprint density at radius 2 is 1.93 bits per heavy atom. The van der Waals surface area contributed by atoms with E-state index in [-0.39, 0.29) is 37.3 Å². The van der Waals surface area contributed by atoms with E-state index < -0.39 is 17.6 Å². The number of rotatable bonds is 7. The maximum Gasteiger partial charge on any atom is 0.307 e.